The zero-order chi connectivity index (χ0) is 17.8. The fraction of sp³-hybridized carbons (Fsp3) is 0.300. The summed E-state index contributed by atoms with van der Waals surface area (Å²) in [6.07, 6.45) is 3.68. The van der Waals surface area contributed by atoms with Gasteiger partial charge in [-0.1, -0.05) is 24.6 Å². The van der Waals surface area contributed by atoms with Gasteiger partial charge in [0.15, 0.2) is 12.4 Å². The van der Waals surface area contributed by atoms with Crippen molar-refractivity contribution in [2.45, 2.75) is 32.6 Å². The van der Waals surface area contributed by atoms with Gasteiger partial charge in [0, 0.05) is 17.1 Å². The van der Waals surface area contributed by atoms with E-state index >= 15 is 0 Å². The van der Waals surface area contributed by atoms with E-state index in [4.69, 9.17) is 16.3 Å². The molecule has 1 aliphatic rings. The summed E-state index contributed by atoms with van der Waals surface area (Å²) < 4.78 is 5.55. The molecule has 0 atom stereocenters. The smallest absolute Gasteiger partial charge is 0.262 e. The molecule has 1 aliphatic carbocycles. The molecule has 0 aliphatic heterocycles. The molecule has 2 aromatic carbocycles. The number of halogens is 1. The number of anilines is 1. The molecule has 0 heterocycles. The van der Waals surface area contributed by atoms with E-state index in [2.05, 4.69) is 11.4 Å². The van der Waals surface area contributed by atoms with E-state index in [0.29, 0.717) is 22.8 Å². The molecule has 5 heteroatoms. The van der Waals surface area contributed by atoms with E-state index < -0.39 is 0 Å². The number of carbonyl (C=O) groups excluding carboxylic acids is 2. The van der Waals surface area contributed by atoms with Gasteiger partial charge >= 0.3 is 0 Å². The van der Waals surface area contributed by atoms with Gasteiger partial charge in [-0.3, -0.25) is 9.59 Å². The Morgan fingerprint density at radius 2 is 1.92 bits per heavy atom. The molecule has 1 amide bonds. The van der Waals surface area contributed by atoms with Crippen molar-refractivity contribution >= 4 is 29.0 Å². The highest BCUT2D eigenvalue weighted by Gasteiger charge is 2.14. The lowest BCUT2D eigenvalue weighted by Gasteiger charge is -2.12. The van der Waals surface area contributed by atoms with E-state index in [1.165, 1.54) is 17.5 Å². The molecule has 0 unspecified atom stereocenters. The number of amides is 1. The average Bonchev–Trinajstić information content (AvgIpc) is 3.07. The zero-order valence-electron chi connectivity index (χ0n) is 14.1. The van der Waals surface area contributed by atoms with Crippen molar-refractivity contribution in [3.05, 3.63) is 58.1 Å². The van der Waals surface area contributed by atoms with Crippen LogP contribution >= 0.6 is 11.6 Å². The second-order valence-electron chi connectivity index (χ2n) is 6.09. The maximum absolute atomic E-state index is 12.2. The number of hydrogen-bond acceptors (Lipinski definition) is 3. The SMILES string of the molecule is CCC(=O)c1cc(Cl)ccc1OCC(=O)Nc1ccc2c(c1)CCC2. The maximum atomic E-state index is 12.2. The number of Topliss-reactive ketones (excluding diaryl/α,β-unsaturated/α-hetero) is 1. The average molecular weight is 358 g/mol. The molecule has 3 rings (SSSR count). The third kappa shape index (κ3) is 4.20. The monoisotopic (exact) mass is 357 g/mol. The second kappa shape index (κ2) is 7.70. The highest BCUT2D eigenvalue weighted by Crippen LogP contribution is 2.26. The van der Waals surface area contributed by atoms with Crippen LogP contribution in [0.25, 0.3) is 0 Å². The van der Waals surface area contributed by atoms with Crippen LogP contribution in [0.1, 0.15) is 41.3 Å². The first-order valence-corrected chi connectivity index (χ1v) is 8.82. The molecule has 4 nitrogen and oxygen atoms in total. The first kappa shape index (κ1) is 17.5. The van der Waals surface area contributed by atoms with E-state index in [0.717, 1.165) is 18.5 Å². The number of nitrogens with one attached hydrogen (secondary N) is 1. The van der Waals surface area contributed by atoms with Gasteiger partial charge in [0.05, 0.1) is 5.56 Å². The van der Waals surface area contributed by atoms with Crippen LogP contribution in [0.5, 0.6) is 5.75 Å². The third-order valence-corrected chi connectivity index (χ3v) is 4.54. The molecule has 130 valence electrons. The van der Waals surface area contributed by atoms with Gasteiger partial charge in [0.2, 0.25) is 0 Å². The molecule has 2 aromatic rings. The number of ketones is 1. The Labute approximate surface area is 152 Å². The Hall–Kier alpha value is -2.33. The fourth-order valence-electron chi connectivity index (χ4n) is 3.03. The zero-order valence-corrected chi connectivity index (χ0v) is 14.9. The normalized spacial score (nSPS) is 12.6. The molecule has 1 N–H and O–H groups in total. The lowest BCUT2D eigenvalue weighted by Crippen LogP contribution is -2.21. The number of rotatable bonds is 6. The highest BCUT2D eigenvalue weighted by atomic mass is 35.5. The van der Waals surface area contributed by atoms with Crippen LogP contribution in [0.15, 0.2) is 36.4 Å². The Bertz CT molecular complexity index is 817. The minimum Gasteiger partial charge on any atom is -0.483 e. The largest absolute Gasteiger partial charge is 0.483 e. The summed E-state index contributed by atoms with van der Waals surface area (Å²) >= 11 is 5.95. The molecular weight excluding hydrogens is 338 g/mol. The van der Waals surface area contributed by atoms with Gasteiger partial charge in [-0.15, -0.1) is 0 Å². The van der Waals surface area contributed by atoms with Crippen LogP contribution in [0.3, 0.4) is 0 Å². The summed E-state index contributed by atoms with van der Waals surface area (Å²) in [5.74, 6) is 0.0414. The summed E-state index contributed by atoms with van der Waals surface area (Å²) in [4.78, 5) is 24.1. The van der Waals surface area contributed by atoms with Crippen molar-refractivity contribution in [3.8, 4) is 5.75 Å². The highest BCUT2D eigenvalue weighted by molar-refractivity contribution is 6.31. The summed E-state index contributed by atoms with van der Waals surface area (Å²) in [5, 5.41) is 3.31. The number of fused-ring (bicyclic) bond motifs is 1. The minimum absolute atomic E-state index is 0.0727. The molecule has 0 fully saturated rings. The maximum Gasteiger partial charge on any atom is 0.262 e. The van der Waals surface area contributed by atoms with Crippen LogP contribution in [-0.2, 0) is 17.6 Å². The van der Waals surface area contributed by atoms with Crippen LogP contribution in [0.4, 0.5) is 5.69 Å². The topological polar surface area (TPSA) is 55.4 Å². The number of aryl methyl sites for hydroxylation is 2. The summed E-state index contributed by atoms with van der Waals surface area (Å²) in [6.45, 7) is 1.61. The predicted octanol–water partition coefficient (Wildman–Crippen LogP) is 4.44. The van der Waals surface area contributed by atoms with Crippen molar-refractivity contribution < 1.29 is 14.3 Å². The standard InChI is InChI=1S/C20H20ClNO3/c1-2-18(23)17-11-15(21)7-9-19(17)25-12-20(24)22-16-8-6-13-4-3-5-14(13)10-16/h6-11H,2-5,12H2,1H3,(H,22,24). The molecule has 0 spiro atoms. The van der Waals surface area contributed by atoms with Crippen LogP contribution in [-0.4, -0.2) is 18.3 Å². The van der Waals surface area contributed by atoms with Crippen molar-refractivity contribution in [2.75, 3.05) is 11.9 Å². The van der Waals surface area contributed by atoms with Crippen molar-refractivity contribution in [3.63, 3.8) is 0 Å². The first-order chi connectivity index (χ1) is 12.1. The lowest BCUT2D eigenvalue weighted by atomic mass is 10.1. The third-order valence-electron chi connectivity index (χ3n) is 4.30. The Morgan fingerprint density at radius 1 is 1.12 bits per heavy atom. The van der Waals surface area contributed by atoms with Gasteiger partial charge in [0.1, 0.15) is 5.75 Å². The number of hydrogen-bond donors (Lipinski definition) is 1. The van der Waals surface area contributed by atoms with Crippen molar-refractivity contribution in [1.29, 1.82) is 0 Å². The van der Waals surface area contributed by atoms with Gasteiger partial charge < -0.3 is 10.1 Å². The predicted molar refractivity (Wildman–Crippen MR) is 98.7 cm³/mol. The van der Waals surface area contributed by atoms with Gasteiger partial charge in [0.25, 0.3) is 5.91 Å². The molecule has 0 saturated heterocycles. The lowest BCUT2D eigenvalue weighted by molar-refractivity contribution is -0.118. The van der Waals surface area contributed by atoms with Gasteiger partial charge in [-0.05, 0) is 60.7 Å². The molecule has 0 bridgehead atoms. The first-order valence-electron chi connectivity index (χ1n) is 8.44. The van der Waals surface area contributed by atoms with Crippen LogP contribution in [0.2, 0.25) is 5.02 Å². The Morgan fingerprint density at radius 3 is 2.72 bits per heavy atom. The second-order valence-corrected chi connectivity index (χ2v) is 6.53. The van der Waals surface area contributed by atoms with Gasteiger partial charge in [-0.25, -0.2) is 0 Å². The van der Waals surface area contributed by atoms with E-state index in [9.17, 15) is 9.59 Å². The minimum atomic E-state index is -0.261. The summed E-state index contributed by atoms with van der Waals surface area (Å²) in [6, 6.07) is 10.8. The quantitative estimate of drug-likeness (QED) is 0.777. The van der Waals surface area contributed by atoms with Crippen LogP contribution in [0, 0.1) is 0 Å². The summed E-state index contributed by atoms with van der Waals surface area (Å²) in [5.41, 5.74) is 3.83. The molecular formula is C20H20ClNO3. The molecule has 0 saturated carbocycles. The van der Waals surface area contributed by atoms with Crippen LogP contribution < -0.4 is 10.1 Å². The number of carbonyl (C=O) groups is 2. The number of benzene rings is 2. The Kier molecular flexibility index (Phi) is 5.39. The van der Waals surface area contributed by atoms with Gasteiger partial charge in [-0.2, -0.15) is 0 Å². The van der Waals surface area contributed by atoms with E-state index in [1.807, 2.05) is 12.1 Å². The molecule has 0 aromatic heterocycles. The molecule has 0 radical (unpaired) electrons. The van der Waals surface area contributed by atoms with E-state index in [-0.39, 0.29) is 18.3 Å². The number of ether oxygens (including phenoxy) is 1. The van der Waals surface area contributed by atoms with Crippen molar-refractivity contribution in [2.24, 2.45) is 0 Å². The van der Waals surface area contributed by atoms with E-state index in [1.54, 1.807) is 25.1 Å². The summed E-state index contributed by atoms with van der Waals surface area (Å²) in [7, 11) is 0. The Balaban J connectivity index is 1.64. The fourth-order valence-corrected chi connectivity index (χ4v) is 3.20. The van der Waals surface area contributed by atoms with Crippen molar-refractivity contribution in [1.82, 2.24) is 0 Å². The molecule has 25 heavy (non-hydrogen) atoms.